The predicted octanol–water partition coefficient (Wildman–Crippen LogP) is 3.41. The van der Waals surface area contributed by atoms with Crippen LogP contribution in [0.4, 0.5) is 10.8 Å². The second kappa shape index (κ2) is 7.25. The van der Waals surface area contributed by atoms with Crippen LogP contribution in [-0.4, -0.2) is 27.0 Å². The number of hydrogen-bond acceptors (Lipinski definition) is 6. The van der Waals surface area contributed by atoms with Gasteiger partial charge in [-0.1, -0.05) is 54.6 Å². The summed E-state index contributed by atoms with van der Waals surface area (Å²) in [6.07, 6.45) is 2.08. The molecule has 1 heterocycles. The van der Waals surface area contributed by atoms with E-state index in [2.05, 4.69) is 28.5 Å². The van der Waals surface area contributed by atoms with E-state index in [0.29, 0.717) is 9.47 Å². The molecule has 2 N–H and O–H groups in total. The summed E-state index contributed by atoms with van der Waals surface area (Å²) in [6.45, 7) is 2.14. The molecule has 0 fully saturated rings. The van der Waals surface area contributed by atoms with Crippen LogP contribution in [0.25, 0.3) is 0 Å². The Labute approximate surface area is 125 Å². The van der Waals surface area contributed by atoms with Gasteiger partial charge in [-0.05, 0) is 18.1 Å². The highest BCUT2D eigenvalue weighted by Gasteiger charge is 2.08. The number of anilines is 2. The first-order valence-electron chi connectivity index (χ1n) is 6.22. The average molecular weight is 309 g/mol. The fourth-order valence-electron chi connectivity index (χ4n) is 1.69. The van der Waals surface area contributed by atoms with Crippen molar-refractivity contribution in [1.29, 1.82) is 0 Å². The van der Waals surface area contributed by atoms with E-state index in [4.69, 9.17) is 5.11 Å². The van der Waals surface area contributed by atoms with Crippen LogP contribution in [0.3, 0.4) is 0 Å². The zero-order chi connectivity index (χ0) is 14.4. The Hall–Kier alpha value is -1.60. The molecule has 0 spiro atoms. The first kappa shape index (κ1) is 14.8. The number of carboxylic acids is 1. The van der Waals surface area contributed by atoms with E-state index < -0.39 is 5.97 Å². The van der Waals surface area contributed by atoms with Crippen LogP contribution in [0.2, 0.25) is 0 Å². The molecule has 0 aliphatic carbocycles. The number of para-hydroxylation sites is 1. The summed E-state index contributed by atoms with van der Waals surface area (Å²) in [5.41, 5.74) is 2.27. The number of nitrogens with one attached hydrogen (secondary N) is 1. The van der Waals surface area contributed by atoms with Gasteiger partial charge in [0, 0.05) is 5.69 Å². The quantitative estimate of drug-likeness (QED) is 0.763. The summed E-state index contributed by atoms with van der Waals surface area (Å²) >= 11 is 2.54. The van der Waals surface area contributed by atoms with Crippen molar-refractivity contribution < 1.29 is 9.90 Å². The highest BCUT2D eigenvalue weighted by Crippen LogP contribution is 2.29. The van der Waals surface area contributed by atoms with Gasteiger partial charge in [0.2, 0.25) is 5.13 Å². The molecule has 2 rings (SSSR count). The molecule has 1 aromatic heterocycles. The normalized spacial score (nSPS) is 10.4. The minimum absolute atomic E-state index is 0.00105. The van der Waals surface area contributed by atoms with Crippen LogP contribution in [0.1, 0.15) is 18.9 Å². The largest absolute Gasteiger partial charge is 0.481 e. The Bertz CT molecular complexity index is 587. The van der Waals surface area contributed by atoms with E-state index in [1.54, 1.807) is 0 Å². The number of rotatable bonds is 7. The van der Waals surface area contributed by atoms with E-state index in [-0.39, 0.29) is 5.75 Å². The monoisotopic (exact) mass is 309 g/mol. The third-order valence-corrected chi connectivity index (χ3v) is 4.46. The van der Waals surface area contributed by atoms with Gasteiger partial charge in [0.1, 0.15) is 0 Å². The summed E-state index contributed by atoms with van der Waals surface area (Å²) in [7, 11) is 0. The van der Waals surface area contributed by atoms with Crippen molar-refractivity contribution >= 4 is 39.9 Å². The van der Waals surface area contributed by atoms with E-state index in [0.717, 1.165) is 18.5 Å². The van der Waals surface area contributed by atoms with Crippen molar-refractivity contribution in [3.63, 3.8) is 0 Å². The van der Waals surface area contributed by atoms with E-state index >= 15 is 0 Å². The Morgan fingerprint density at radius 3 is 2.95 bits per heavy atom. The van der Waals surface area contributed by atoms with Crippen LogP contribution in [-0.2, 0) is 11.2 Å². The second-order valence-electron chi connectivity index (χ2n) is 4.09. The number of carboxylic acid groups (broad SMARTS) is 1. The fraction of sp³-hybridized carbons (Fsp3) is 0.308. The zero-order valence-corrected chi connectivity index (χ0v) is 12.6. The Balaban J connectivity index is 2.05. The molecule has 0 saturated heterocycles. The number of hydrogen-bond donors (Lipinski definition) is 2. The van der Waals surface area contributed by atoms with Crippen LogP contribution in [0.5, 0.6) is 0 Å². The lowest BCUT2D eigenvalue weighted by Crippen LogP contribution is -1.96. The molecular formula is C13H15N3O2S2. The third-order valence-electron chi connectivity index (χ3n) is 2.50. The van der Waals surface area contributed by atoms with E-state index in [1.807, 2.05) is 18.2 Å². The molecule has 0 saturated carbocycles. The maximum absolute atomic E-state index is 10.5. The molecule has 106 valence electrons. The molecule has 7 heteroatoms. The standard InChI is InChI=1S/C13H15N3O2S2/c1-2-5-9-6-3-4-7-10(9)14-12-15-16-13(20-12)19-8-11(17)18/h3-4,6-7H,2,5,8H2,1H3,(H,14,15)(H,17,18). The van der Waals surface area contributed by atoms with E-state index in [1.165, 1.54) is 28.7 Å². The topological polar surface area (TPSA) is 75.1 Å². The number of aromatic nitrogens is 2. The van der Waals surface area contributed by atoms with Crippen molar-refractivity contribution in [2.75, 3.05) is 11.1 Å². The number of thioether (sulfide) groups is 1. The van der Waals surface area contributed by atoms with Crippen LogP contribution >= 0.6 is 23.1 Å². The smallest absolute Gasteiger partial charge is 0.313 e. The van der Waals surface area contributed by atoms with Gasteiger partial charge in [-0.15, -0.1) is 10.2 Å². The van der Waals surface area contributed by atoms with Crippen molar-refractivity contribution in [2.45, 2.75) is 24.1 Å². The Morgan fingerprint density at radius 1 is 1.40 bits per heavy atom. The summed E-state index contributed by atoms with van der Waals surface area (Å²) < 4.78 is 0.655. The van der Waals surface area contributed by atoms with Gasteiger partial charge < -0.3 is 10.4 Å². The third kappa shape index (κ3) is 4.21. The van der Waals surface area contributed by atoms with Gasteiger partial charge in [-0.3, -0.25) is 4.79 Å². The lowest BCUT2D eigenvalue weighted by molar-refractivity contribution is -0.133. The number of aryl methyl sites for hydroxylation is 1. The first-order chi connectivity index (χ1) is 9.69. The summed E-state index contributed by atoms with van der Waals surface area (Å²) in [6, 6.07) is 8.09. The second-order valence-corrected chi connectivity index (χ2v) is 6.29. The lowest BCUT2D eigenvalue weighted by atomic mass is 10.1. The van der Waals surface area contributed by atoms with Crippen molar-refractivity contribution in [3.8, 4) is 0 Å². The van der Waals surface area contributed by atoms with Gasteiger partial charge >= 0.3 is 5.97 Å². The Kier molecular flexibility index (Phi) is 5.37. The summed E-state index contributed by atoms with van der Waals surface area (Å²) in [5, 5.41) is 20.6. The van der Waals surface area contributed by atoms with Crippen LogP contribution in [0.15, 0.2) is 28.6 Å². The van der Waals surface area contributed by atoms with Crippen molar-refractivity contribution in [2.24, 2.45) is 0 Å². The SMILES string of the molecule is CCCc1ccccc1Nc1nnc(SCC(=O)O)s1. The van der Waals surface area contributed by atoms with Gasteiger partial charge in [-0.2, -0.15) is 0 Å². The van der Waals surface area contributed by atoms with Crippen LogP contribution < -0.4 is 5.32 Å². The molecule has 0 amide bonds. The van der Waals surface area contributed by atoms with Crippen molar-refractivity contribution in [1.82, 2.24) is 10.2 Å². The average Bonchev–Trinajstić information content (AvgIpc) is 2.87. The maximum Gasteiger partial charge on any atom is 0.313 e. The molecule has 0 radical (unpaired) electrons. The molecule has 1 aromatic carbocycles. The van der Waals surface area contributed by atoms with Gasteiger partial charge in [0.25, 0.3) is 0 Å². The highest BCUT2D eigenvalue weighted by atomic mass is 32.2. The highest BCUT2D eigenvalue weighted by molar-refractivity contribution is 8.01. The van der Waals surface area contributed by atoms with Gasteiger partial charge in [0.05, 0.1) is 5.75 Å². The number of benzene rings is 1. The molecule has 2 aromatic rings. The fourth-order valence-corrected chi connectivity index (χ4v) is 3.17. The Morgan fingerprint density at radius 2 is 2.20 bits per heavy atom. The number of aliphatic carboxylic acids is 1. The molecule has 20 heavy (non-hydrogen) atoms. The molecule has 0 atom stereocenters. The summed E-state index contributed by atoms with van der Waals surface area (Å²) in [4.78, 5) is 10.5. The molecule has 0 aliphatic heterocycles. The first-order valence-corrected chi connectivity index (χ1v) is 8.02. The molecule has 0 bridgehead atoms. The number of carbonyl (C=O) groups is 1. The molecular weight excluding hydrogens is 294 g/mol. The predicted molar refractivity (Wildman–Crippen MR) is 82.0 cm³/mol. The summed E-state index contributed by atoms with van der Waals surface area (Å²) in [5.74, 6) is -0.853. The van der Waals surface area contributed by atoms with E-state index in [9.17, 15) is 4.79 Å². The number of nitrogens with zero attached hydrogens (tertiary/aromatic N) is 2. The molecule has 5 nitrogen and oxygen atoms in total. The lowest BCUT2D eigenvalue weighted by Gasteiger charge is -2.08. The van der Waals surface area contributed by atoms with Gasteiger partial charge in [0.15, 0.2) is 4.34 Å². The van der Waals surface area contributed by atoms with Gasteiger partial charge in [-0.25, -0.2) is 0 Å². The molecule has 0 unspecified atom stereocenters. The van der Waals surface area contributed by atoms with Crippen LogP contribution in [0, 0.1) is 0 Å². The van der Waals surface area contributed by atoms with Crippen molar-refractivity contribution in [3.05, 3.63) is 29.8 Å². The minimum atomic E-state index is -0.854. The molecule has 0 aliphatic rings. The minimum Gasteiger partial charge on any atom is -0.481 e. The maximum atomic E-state index is 10.5. The zero-order valence-electron chi connectivity index (χ0n) is 11.0.